The molecule has 1 aliphatic heterocycles. The zero-order valence-corrected chi connectivity index (χ0v) is 12.5. The lowest BCUT2D eigenvalue weighted by Gasteiger charge is -2.34. The summed E-state index contributed by atoms with van der Waals surface area (Å²) in [6, 6.07) is 3.61. The highest BCUT2D eigenvalue weighted by Crippen LogP contribution is 2.27. The molecule has 1 fully saturated rings. The van der Waals surface area contributed by atoms with Crippen molar-refractivity contribution in [1.29, 1.82) is 0 Å². The van der Waals surface area contributed by atoms with E-state index in [9.17, 15) is 13.2 Å². The number of nitrogens with one attached hydrogen (secondary N) is 1. The molecule has 106 valence electrons. The third-order valence-corrected chi connectivity index (χ3v) is 5.04. The minimum absolute atomic E-state index is 0.00746. The van der Waals surface area contributed by atoms with E-state index in [0.717, 1.165) is 11.4 Å². The van der Waals surface area contributed by atoms with Gasteiger partial charge in [0.25, 0.3) is 0 Å². The van der Waals surface area contributed by atoms with Crippen LogP contribution < -0.4 is 5.32 Å². The van der Waals surface area contributed by atoms with Crippen molar-refractivity contribution in [3.8, 4) is 0 Å². The second kappa shape index (κ2) is 6.02. The summed E-state index contributed by atoms with van der Waals surface area (Å²) >= 11 is 1.56. The first kappa shape index (κ1) is 14.5. The first-order chi connectivity index (χ1) is 8.97. The first-order valence-corrected chi connectivity index (χ1v) is 9.14. The molecular formula is C12H18N2O3S2. The van der Waals surface area contributed by atoms with E-state index in [2.05, 4.69) is 10.2 Å². The maximum Gasteiger partial charge on any atom is 0.242 e. The van der Waals surface area contributed by atoms with Crippen LogP contribution in [0.25, 0.3) is 0 Å². The Kier molecular flexibility index (Phi) is 4.59. The minimum Gasteiger partial charge on any atom is -0.353 e. The Bertz CT molecular complexity index is 525. The highest BCUT2D eigenvalue weighted by Gasteiger charge is 2.31. The van der Waals surface area contributed by atoms with Crippen LogP contribution >= 0.6 is 11.3 Å². The molecule has 0 spiro atoms. The van der Waals surface area contributed by atoms with Gasteiger partial charge in [-0.3, -0.25) is 9.69 Å². The Labute approximate surface area is 117 Å². The molecule has 1 saturated heterocycles. The van der Waals surface area contributed by atoms with Crippen LogP contribution in [0.3, 0.4) is 0 Å². The van der Waals surface area contributed by atoms with Crippen LogP contribution in [0.2, 0.25) is 0 Å². The molecular weight excluding hydrogens is 284 g/mol. The smallest absolute Gasteiger partial charge is 0.242 e. The molecule has 2 rings (SSSR count). The number of rotatable bonds is 5. The van der Waals surface area contributed by atoms with Gasteiger partial charge in [-0.1, -0.05) is 6.07 Å². The van der Waals surface area contributed by atoms with Crippen LogP contribution in [-0.4, -0.2) is 50.9 Å². The molecule has 0 aromatic carbocycles. The van der Waals surface area contributed by atoms with E-state index in [0.29, 0.717) is 19.5 Å². The molecule has 0 radical (unpaired) electrons. The lowest BCUT2D eigenvalue weighted by molar-refractivity contribution is -0.129. The van der Waals surface area contributed by atoms with Crippen LogP contribution in [-0.2, 0) is 14.6 Å². The largest absolute Gasteiger partial charge is 0.353 e. The molecule has 0 bridgehead atoms. The van der Waals surface area contributed by atoms with Gasteiger partial charge in [0.15, 0.2) is 0 Å². The van der Waals surface area contributed by atoms with Crippen molar-refractivity contribution in [2.75, 3.05) is 31.6 Å². The molecule has 1 aliphatic rings. The average Bonchev–Trinajstić information content (AvgIpc) is 2.80. The topological polar surface area (TPSA) is 66.5 Å². The molecule has 1 aromatic rings. The lowest BCUT2D eigenvalue weighted by atomic mass is 10.1. The average molecular weight is 302 g/mol. The van der Waals surface area contributed by atoms with Gasteiger partial charge < -0.3 is 5.32 Å². The van der Waals surface area contributed by atoms with E-state index in [-0.39, 0.29) is 17.7 Å². The van der Waals surface area contributed by atoms with Gasteiger partial charge in [0.05, 0.1) is 5.75 Å². The molecule has 2 heterocycles. The number of amides is 1. The number of hydrogen-bond donors (Lipinski definition) is 1. The van der Waals surface area contributed by atoms with Crippen LogP contribution in [0.4, 0.5) is 0 Å². The Morgan fingerprint density at radius 2 is 2.32 bits per heavy atom. The second-order valence-corrected chi connectivity index (χ2v) is 7.97. The zero-order chi connectivity index (χ0) is 13.9. The van der Waals surface area contributed by atoms with Crippen LogP contribution in [0.1, 0.15) is 17.3 Å². The molecule has 0 saturated carbocycles. The molecule has 1 amide bonds. The third-order valence-electron chi connectivity index (χ3n) is 3.08. The maximum absolute atomic E-state index is 12.0. The second-order valence-electron chi connectivity index (χ2n) is 4.73. The Morgan fingerprint density at radius 1 is 1.53 bits per heavy atom. The lowest BCUT2D eigenvalue weighted by Crippen LogP contribution is -2.50. The van der Waals surface area contributed by atoms with Crippen molar-refractivity contribution in [3.63, 3.8) is 0 Å². The van der Waals surface area contributed by atoms with Gasteiger partial charge in [-0.25, -0.2) is 8.42 Å². The van der Waals surface area contributed by atoms with Crippen molar-refractivity contribution in [2.45, 2.75) is 12.5 Å². The first-order valence-electron chi connectivity index (χ1n) is 6.20. The van der Waals surface area contributed by atoms with Gasteiger partial charge in [-0.15, -0.1) is 11.3 Å². The number of carbonyl (C=O) groups is 1. The molecule has 1 aromatic heterocycles. The monoisotopic (exact) mass is 302 g/mol. The standard InChI is InChI=1S/C12H18N2O3S2/c1-19(16,17)9-3-6-14-7-5-13-12(15)11(14)10-4-2-8-18-10/h2,4,8,11H,3,5-7,9H2,1H3,(H,13,15). The minimum atomic E-state index is -2.93. The van der Waals surface area contributed by atoms with E-state index in [4.69, 9.17) is 0 Å². The van der Waals surface area contributed by atoms with E-state index in [1.165, 1.54) is 6.26 Å². The summed E-state index contributed by atoms with van der Waals surface area (Å²) in [5.74, 6) is 0.176. The van der Waals surface area contributed by atoms with Gasteiger partial charge >= 0.3 is 0 Å². The summed E-state index contributed by atoms with van der Waals surface area (Å²) in [6.45, 7) is 2.01. The molecule has 1 N–H and O–H groups in total. The van der Waals surface area contributed by atoms with Crippen molar-refractivity contribution in [3.05, 3.63) is 22.4 Å². The summed E-state index contributed by atoms with van der Waals surface area (Å²) in [5.41, 5.74) is 0. The van der Waals surface area contributed by atoms with Crippen molar-refractivity contribution >= 4 is 27.1 Å². The quantitative estimate of drug-likeness (QED) is 0.867. The summed E-state index contributed by atoms with van der Waals surface area (Å²) in [4.78, 5) is 15.1. The Morgan fingerprint density at radius 3 is 2.95 bits per heavy atom. The molecule has 1 unspecified atom stereocenters. The molecule has 19 heavy (non-hydrogen) atoms. The fourth-order valence-electron chi connectivity index (χ4n) is 2.24. The predicted molar refractivity (Wildman–Crippen MR) is 76.0 cm³/mol. The Balaban J connectivity index is 2.02. The van der Waals surface area contributed by atoms with E-state index in [1.54, 1.807) is 11.3 Å². The van der Waals surface area contributed by atoms with Crippen LogP contribution in [0.15, 0.2) is 17.5 Å². The third kappa shape index (κ3) is 4.02. The fraction of sp³-hybridized carbons (Fsp3) is 0.583. The van der Waals surface area contributed by atoms with Gasteiger partial charge in [0.1, 0.15) is 15.9 Å². The molecule has 1 atom stereocenters. The van der Waals surface area contributed by atoms with Gasteiger partial charge in [0.2, 0.25) is 5.91 Å². The number of piperazine rings is 1. The van der Waals surface area contributed by atoms with E-state index >= 15 is 0 Å². The van der Waals surface area contributed by atoms with Gasteiger partial charge in [-0.2, -0.15) is 0 Å². The summed E-state index contributed by atoms with van der Waals surface area (Å²) in [7, 11) is -2.93. The number of hydrogen-bond acceptors (Lipinski definition) is 5. The van der Waals surface area contributed by atoms with Crippen LogP contribution in [0.5, 0.6) is 0 Å². The number of sulfone groups is 1. The van der Waals surface area contributed by atoms with Crippen LogP contribution in [0, 0.1) is 0 Å². The normalized spacial score (nSPS) is 21.3. The fourth-order valence-corrected chi connectivity index (χ4v) is 3.75. The molecule has 5 nitrogen and oxygen atoms in total. The zero-order valence-electron chi connectivity index (χ0n) is 10.8. The number of thiophene rings is 1. The summed E-state index contributed by atoms with van der Waals surface area (Å²) in [6.07, 6.45) is 1.81. The van der Waals surface area contributed by atoms with Gasteiger partial charge in [0, 0.05) is 30.8 Å². The van der Waals surface area contributed by atoms with Crippen molar-refractivity contribution in [2.24, 2.45) is 0 Å². The maximum atomic E-state index is 12.0. The molecule has 0 aliphatic carbocycles. The van der Waals surface area contributed by atoms with Gasteiger partial charge in [-0.05, 0) is 17.9 Å². The number of carbonyl (C=O) groups excluding carboxylic acids is 1. The summed E-state index contributed by atoms with van der Waals surface area (Å²) in [5, 5.41) is 4.82. The predicted octanol–water partition coefficient (Wildman–Crippen LogP) is 0.656. The summed E-state index contributed by atoms with van der Waals surface area (Å²) < 4.78 is 22.3. The molecule has 7 heteroatoms. The highest BCUT2D eigenvalue weighted by atomic mass is 32.2. The highest BCUT2D eigenvalue weighted by molar-refractivity contribution is 7.90. The Hall–Kier alpha value is -0.920. The van der Waals surface area contributed by atoms with Crippen molar-refractivity contribution < 1.29 is 13.2 Å². The van der Waals surface area contributed by atoms with E-state index < -0.39 is 9.84 Å². The number of nitrogens with zero attached hydrogens (tertiary/aromatic N) is 1. The SMILES string of the molecule is CS(=O)(=O)CCCN1CCNC(=O)C1c1cccs1. The van der Waals surface area contributed by atoms with E-state index in [1.807, 2.05) is 17.5 Å². The van der Waals surface area contributed by atoms with Crippen molar-refractivity contribution in [1.82, 2.24) is 10.2 Å².